The van der Waals surface area contributed by atoms with Crippen molar-refractivity contribution in [3.63, 3.8) is 0 Å². The standard InChI is InChI=1S/C21H16O8.C20H16O7/c1-11(22)27-15-6-4-14(5-7-15)17-10-26-20-16(19(17)25)8-9-18(28-12(2)23)21(20)29-13(3)24;1-11(21)26-17-9-8-15-18(23)16(13-4-6-14(24-3)7-5-13)10-25-19(15)20(17)27-12(2)22/h4-10H,1-3H3;4-10H,1-3H3. The van der Waals surface area contributed by atoms with Crippen LogP contribution in [0.4, 0.5) is 0 Å². The Balaban J connectivity index is 0.000000215. The molecule has 0 bridgehead atoms. The monoisotopic (exact) mass is 764 g/mol. The van der Waals surface area contributed by atoms with Crippen molar-refractivity contribution in [2.75, 3.05) is 7.11 Å². The molecule has 0 radical (unpaired) electrons. The van der Waals surface area contributed by atoms with E-state index >= 15 is 0 Å². The van der Waals surface area contributed by atoms with Crippen molar-refractivity contribution in [3.05, 3.63) is 106 Å². The average molecular weight is 765 g/mol. The summed E-state index contributed by atoms with van der Waals surface area (Å²) >= 11 is 0. The summed E-state index contributed by atoms with van der Waals surface area (Å²) in [7, 11) is 1.55. The number of methoxy groups -OCH3 is 1. The third-order valence-corrected chi connectivity index (χ3v) is 7.55. The van der Waals surface area contributed by atoms with Crippen LogP contribution >= 0.6 is 0 Å². The van der Waals surface area contributed by atoms with Crippen molar-refractivity contribution in [2.45, 2.75) is 34.6 Å². The Labute approximate surface area is 316 Å². The molecule has 0 saturated carbocycles. The van der Waals surface area contributed by atoms with Crippen molar-refractivity contribution < 1.29 is 61.2 Å². The fraction of sp³-hybridized carbons (Fsp3) is 0.146. The number of carbonyl (C=O) groups is 5. The zero-order valence-electron chi connectivity index (χ0n) is 30.7. The molecule has 0 fully saturated rings. The quantitative estimate of drug-likeness (QED) is 0.119. The van der Waals surface area contributed by atoms with E-state index in [2.05, 4.69) is 0 Å². The van der Waals surface area contributed by atoms with Gasteiger partial charge >= 0.3 is 29.8 Å². The second kappa shape index (κ2) is 17.1. The van der Waals surface area contributed by atoms with Gasteiger partial charge in [0.1, 0.15) is 24.0 Å². The largest absolute Gasteiger partial charge is 0.497 e. The van der Waals surface area contributed by atoms with Crippen LogP contribution < -0.4 is 39.3 Å². The molecule has 6 rings (SSSR count). The van der Waals surface area contributed by atoms with Crippen LogP contribution in [0.3, 0.4) is 0 Å². The molecule has 0 atom stereocenters. The summed E-state index contributed by atoms with van der Waals surface area (Å²) in [6, 6.07) is 18.9. The molecular formula is C41H32O15. The number of esters is 5. The first-order valence-electron chi connectivity index (χ1n) is 16.5. The first-order valence-corrected chi connectivity index (χ1v) is 16.5. The highest BCUT2D eigenvalue weighted by Crippen LogP contribution is 2.37. The molecule has 0 amide bonds. The van der Waals surface area contributed by atoms with E-state index in [4.69, 9.17) is 37.3 Å². The minimum Gasteiger partial charge on any atom is -0.497 e. The van der Waals surface area contributed by atoms with Gasteiger partial charge in [0.2, 0.25) is 22.4 Å². The first kappa shape index (κ1) is 39.7. The van der Waals surface area contributed by atoms with E-state index in [1.54, 1.807) is 55.6 Å². The van der Waals surface area contributed by atoms with Crippen molar-refractivity contribution in [1.29, 1.82) is 0 Å². The highest BCUT2D eigenvalue weighted by Gasteiger charge is 2.21. The first-order chi connectivity index (χ1) is 26.7. The molecule has 286 valence electrons. The van der Waals surface area contributed by atoms with Crippen molar-refractivity contribution in [1.82, 2.24) is 0 Å². The molecule has 6 aromatic rings. The number of ether oxygens (including phenoxy) is 6. The summed E-state index contributed by atoms with van der Waals surface area (Å²) in [5, 5.41) is 0.328. The zero-order valence-corrected chi connectivity index (χ0v) is 30.7. The number of carbonyl (C=O) groups excluding carboxylic acids is 5. The van der Waals surface area contributed by atoms with E-state index in [9.17, 15) is 33.6 Å². The second-order valence-electron chi connectivity index (χ2n) is 11.7. The van der Waals surface area contributed by atoms with E-state index in [-0.39, 0.29) is 61.4 Å². The van der Waals surface area contributed by atoms with Crippen LogP contribution in [0, 0.1) is 0 Å². The molecule has 0 aliphatic heterocycles. The van der Waals surface area contributed by atoms with Gasteiger partial charge in [-0.05, 0) is 59.7 Å². The van der Waals surface area contributed by atoms with Gasteiger partial charge in [-0.1, -0.05) is 24.3 Å². The number of fused-ring (bicyclic) bond motifs is 2. The molecule has 0 aliphatic carbocycles. The van der Waals surface area contributed by atoms with Crippen LogP contribution in [0.5, 0.6) is 34.5 Å². The normalized spacial score (nSPS) is 10.5. The summed E-state index contributed by atoms with van der Waals surface area (Å²) in [5.74, 6) is -2.30. The van der Waals surface area contributed by atoms with Gasteiger partial charge < -0.3 is 37.3 Å². The summed E-state index contributed by atoms with van der Waals surface area (Å²) in [5.41, 5.74) is 1.06. The molecule has 15 nitrogen and oxygen atoms in total. The van der Waals surface area contributed by atoms with Gasteiger partial charge in [0.15, 0.2) is 22.7 Å². The lowest BCUT2D eigenvalue weighted by Crippen LogP contribution is -2.10. The SMILES string of the molecule is CC(=O)Oc1ccc(-c2coc3c(OC(C)=O)c(OC(C)=O)ccc3c2=O)cc1.COc1ccc(-c2coc3c(OC(C)=O)c(OC(C)=O)ccc3c2=O)cc1. The fourth-order valence-corrected chi connectivity index (χ4v) is 5.30. The van der Waals surface area contributed by atoms with Crippen LogP contribution in [-0.2, 0) is 24.0 Å². The molecule has 4 aromatic carbocycles. The van der Waals surface area contributed by atoms with E-state index in [1.165, 1.54) is 71.4 Å². The Kier molecular flexibility index (Phi) is 12.1. The van der Waals surface area contributed by atoms with Gasteiger partial charge in [-0.3, -0.25) is 33.6 Å². The number of hydrogen-bond donors (Lipinski definition) is 0. The summed E-state index contributed by atoms with van der Waals surface area (Å²) in [6.45, 7) is 6.07. The molecule has 0 unspecified atom stereocenters. The second-order valence-corrected chi connectivity index (χ2v) is 11.7. The molecule has 2 aromatic heterocycles. The topological polar surface area (TPSA) is 201 Å². The third-order valence-electron chi connectivity index (χ3n) is 7.55. The van der Waals surface area contributed by atoms with Gasteiger partial charge in [-0.2, -0.15) is 0 Å². The lowest BCUT2D eigenvalue weighted by atomic mass is 10.1. The maximum atomic E-state index is 13.0. The minimum atomic E-state index is -0.668. The Bertz CT molecular complexity index is 2610. The Hall–Kier alpha value is -7.55. The highest BCUT2D eigenvalue weighted by atomic mass is 16.6. The van der Waals surface area contributed by atoms with Gasteiger partial charge in [0.25, 0.3) is 0 Å². The van der Waals surface area contributed by atoms with Crippen LogP contribution in [0.15, 0.2) is 104 Å². The van der Waals surface area contributed by atoms with Crippen LogP contribution in [-0.4, -0.2) is 37.0 Å². The predicted octanol–water partition coefficient (Wildman–Crippen LogP) is 6.56. The Morgan fingerprint density at radius 2 is 0.804 bits per heavy atom. The lowest BCUT2D eigenvalue weighted by Gasteiger charge is -2.11. The van der Waals surface area contributed by atoms with Gasteiger partial charge in [-0.15, -0.1) is 0 Å². The van der Waals surface area contributed by atoms with Gasteiger partial charge in [0.05, 0.1) is 29.0 Å². The predicted molar refractivity (Wildman–Crippen MR) is 199 cm³/mol. The molecular weight excluding hydrogens is 732 g/mol. The van der Waals surface area contributed by atoms with Crippen molar-refractivity contribution in [2.24, 2.45) is 0 Å². The minimum absolute atomic E-state index is 0.00875. The molecule has 2 heterocycles. The highest BCUT2D eigenvalue weighted by molar-refractivity contribution is 5.92. The van der Waals surface area contributed by atoms with Gasteiger partial charge in [0, 0.05) is 34.6 Å². The Morgan fingerprint density at radius 3 is 1.14 bits per heavy atom. The molecule has 56 heavy (non-hydrogen) atoms. The molecule has 0 aliphatic rings. The van der Waals surface area contributed by atoms with E-state index in [1.807, 2.05) is 0 Å². The molecule has 15 heteroatoms. The molecule has 0 N–H and O–H groups in total. The van der Waals surface area contributed by atoms with Crippen LogP contribution in [0.2, 0.25) is 0 Å². The number of benzene rings is 4. The summed E-state index contributed by atoms with van der Waals surface area (Å²) in [6.07, 6.45) is 2.49. The summed E-state index contributed by atoms with van der Waals surface area (Å²) < 4.78 is 41.6. The fourth-order valence-electron chi connectivity index (χ4n) is 5.30. The van der Waals surface area contributed by atoms with Crippen molar-refractivity contribution in [3.8, 4) is 56.8 Å². The lowest BCUT2D eigenvalue weighted by molar-refractivity contribution is -0.134. The molecule has 0 spiro atoms. The van der Waals surface area contributed by atoms with E-state index in [0.717, 1.165) is 0 Å². The number of rotatable bonds is 8. The zero-order chi connectivity index (χ0) is 40.7. The van der Waals surface area contributed by atoms with Gasteiger partial charge in [-0.25, -0.2) is 0 Å². The van der Waals surface area contributed by atoms with E-state index < -0.39 is 29.8 Å². The molecule has 0 saturated heterocycles. The Morgan fingerprint density at radius 1 is 0.446 bits per heavy atom. The maximum absolute atomic E-state index is 13.0. The maximum Gasteiger partial charge on any atom is 0.308 e. The van der Waals surface area contributed by atoms with E-state index in [0.29, 0.717) is 28.2 Å². The third kappa shape index (κ3) is 9.14. The average Bonchev–Trinajstić information content (AvgIpc) is 3.14. The summed E-state index contributed by atoms with van der Waals surface area (Å²) in [4.78, 5) is 82.4. The number of hydrogen-bond acceptors (Lipinski definition) is 15. The smallest absolute Gasteiger partial charge is 0.308 e. The van der Waals surface area contributed by atoms with Crippen LogP contribution in [0.25, 0.3) is 44.2 Å². The van der Waals surface area contributed by atoms with Crippen LogP contribution in [0.1, 0.15) is 34.6 Å². The van der Waals surface area contributed by atoms with Crippen molar-refractivity contribution >= 4 is 51.8 Å².